The van der Waals surface area contributed by atoms with Gasteiger partial charge in [-0.1, -0.05) is 36.8 Å². The third kappa shape index (κ3) is 4.96. The fourth-order valence-electron chi connectivity index (χ4n) is 5.17. The van der Waals surface area contributed by atoms with E-state index in [9.17, 15) is 22.9 Å². The fourth-order valence-corrected chi connectivity index (χ4v) is 7.95. The molecule has 0 spiro atoms. The quantitative estimate of drug-likeness (QED) is 0.404. The van der Waals surface area contributed by atoms with E-state index >= 15 is 0 Å². The number of pyridine rings is 1. The number of fused-ring (bicyclic) bond motifs is 1. The third-order valence-electron chi connectivity index (χ3n) is 8.11. The van der Waals surface area contributed by atoms with Gasteiger partial charge in [-0.15, -0.1) is 10.2 Å². The van der Waals surface area contributed by atoms with E-state index in [0.717, 1.165) is 12.8 Å². The van der Waals surface area contributed by atoms with Gasteiger partial charge in [0, 0.05) is 37.3 Å². The Morgan fingerprint density at radius 1 is 1.29 bits per heavy atom. The molecule has 1 aliphatic heterocycles. The number of halogens is 2. The summed E-state index contributed by atoms with van der Waals surface area (Å²) in [5.41, 5.74) is -0.231. The first-order valence-corrected chi connectivity index (χ1v) is 16.2. The zero-order chi connectivity index (χ0) is 29.3. The summed E-state index contributed by atoms with van der Waals surface area (Å²) >= 11 is 7.94. The van der Waals surface area contributed by atoms with E-state index < -0.39 is 33.7 Å². The molecule has 3 aromatic heterocycles. The van der Waals surface area contributed by atoms with Gasteiger partial charge >= 0.3 is 0 Å². The predicted octanol–water partition coefficient (Wildman–Crippen LogP) is 3.53. The lowest BCUT2D eigenvalue weighted by atomic mass is 10.1. The van der Waals surface area contributed by atoms with Crippen LogP contribution < -0.4 is 9.62 Å². The van der Waals surface area contributed by atoms with Crippen molar-refractivity contribution < 1.29 is 17.6 Å². The number of nitrogens with one attached hydrogen (secondary N) is 1. The average molecular weight is 621 g/mol. The number of carbonyl (C=O) groups excluding carboxylic acids is 1. The van der Waals surface area contributed by atoms with Crippen LogP contribution >= 0.6 is 22.9 Å². The number of amides is 1. The molecule has 1 saturated heterocycles. The van der Waals surface area contributed by atoms with Crippen LogP contribution in [0.2, 0.25) is 5.15 Å². The normalized spacial score (nSPS) is 21.3. The van der Waals surface area contributed by atoms with Crippen molar-refractivity contribution in [1.29, 1.82) is 5.26 Å². The number of carbonyl (C=O) groups is 1. The zero-order valence-electron chi connectivity index (χ0n) is 22.9. The molecule has 3 aliphatic rings. The van der Waals surface area contributed by atoms with Gasteiger partial charge in [0.2, 0.25) is 15.9 Å². The first kappa shape index (κ1) is 28.3. The van der Waals surface area contributed by atoms with Crippen molar-refractivity contribution in [1.82, 2.24) is 29.2 Å². The Bertz CT molecular complexity index is 1690. The van der Waals surface area contributed by atoms with Gasteiger partial charge < -0.3 is 9.80 Å². The smallest absolute Gasteiger partial charge is 0.242 e. The van der Waals surface area contributed by atoms with Crippen LogP contribution in [-0.4, -0.2) is 76.7 Å². The number of aromatic nitrogens is 4. The van der Waals surface area contributed by atoms with Crippen molar-refractivity contribution in [3.05, 3.63) is 22.4 Å². The molecule has 3 aromatic rings. The maximum atomic E-state index is 14.2. The largest absolute Gasteiger partial charge is 0.366 e. The molecule has 1 N–H and O–H groups in total. The number of anilines is 1. The summed E-state index contributed by atoms with van der Waals surface area (Å²) in [7, 11) is -3.95. The van der Waals surface area contributed by atoms with Crippen LogP contribution in [0, 0.1) is 17.2 Å². The minimum atomic E-state index is -3.95. The number of hydrogen-bond acceptors (Lipinski definition) is 9. The molecule has 218 valence electrons. The summed E-state index contributed by atoms with van der Waals surface area (Å²) in [5, 5.41) is 19.3. The second-order valence-electron chi connectivity index (χ2n) is 11.7. The Morgan fingerprint density at radius 2 is 2.02 bits per heavy atom. The number of nitrogens with zero attached hydrogens (tertiary/aromatic N) is 7. The van der Waals surface area contributed by atoms with Gasteiger partial charge in [0.05, 0.1) is 17.8 Å². The molecule has 0 radical (unpaired) electrons. The van der Waals surface area contributed by atoms with Gasteiger partial charge in [0.25, 0.3) is 0 Å². The number of hydrogen-bond donors (Lipinski definition) is 1. The molecule has 41 heavy (non-hydrogen) atoms. The Balaban J connectivity index is 1.47. The van der Waals surface area contributed by atoms with Crippen molar-refractivity contribution in [2.75, 3.05) is 31.2 Å². The highest BCUT2D eigenvalue weighted by Gasteiger charge is 2.48. The molecule has 6 rings (SSSR count). The van der Waals surface area contributed by atoms with Crippen LogP contribution in [0.1, 0.15) is 51.5 Å². The van der Waals surface area contributed by atoms with E-state index in [1.54, 1.807) is 23.1 Å². The second-order valence-corrected chi connectivity index (χ2v) is 14.7. The van der Waals surface area contributed by atoms with Crippen LogP contribution in [-0.2, 0) is 20.2 Å². The number of sulfonamides is 1. The third-order valence-corrected chi connectivity index (χ3v) is 11.1. The van der Waals surface area contributed by atoms with Crippen LogP contribution in [0.15, 0.2) is 17.2 Å². The highest BCUT2D eigenvalue weighted by Crippen LogP contribution is 2.49. The van der Waals surface area contributed by atoms with Gasteiger partial charge in [0.15, 0.2) is 16.0 Å². The molecular weight excluding hydrogens is 591 g/mol. The summed E-state index contributed by atoms with van der Waals surface area (Å²) in [6.45, 7) is 5.46. The lowest BCUT2D eigenvalue weighted by Gasteiger charge is -2.42. The molecule has 2 saturated carbocycles. The lowest BCUT2D eigenvalue weighted by Crippen LogP contribution is -2.57. The standard InChI is InChI=1S/C26H30ClFN8O3S2/c1-15(2)23(37)35-9-8-34(12-16(35)11-28)18-10-17(41(38,39)33-25(3)4-5-25)13-36-19(18)20(27)30-21(36)22-31-32-24(40-22)26(14-29)6-7-26/h10,13,15-16,33H,4-9,11-12H2,1-3H3/t16-/m0/s1. The van der Waals surface area contributed by atoms with Crippen LogP contribution in [0.4, 0.5) is 10.1 Å². The van der Waals surface area contributed by atoms with Gasteiger partial charge in [-0.3, -0.25) is 9.20 Å². The molecule has 0 aromatic carbocycles. The lowest BCUT2D eigenvalue weighted by molar-refractivity contribution is -0.137. The van der Waals surface area contributed by atoms with Gasteiger partial charge in [-0.2, -0.15) is 5.26 Å². The van der Waals surface area contributed by atoms with E-state index in [0.29, 0.717) is 46.4 Å². The minimum Gasteiger partial charge on any atom is -0.366 e. The Labute approximate surface area is 246 Å². The maximum absolute atomic E-state index is 14.2. The van der Waals surface area contributed by atoms with E-state index in [1.165, 1.54) is 23.6 Å². The molecule has 15 heteroatoms. The predicted molar refractivity (Wildman–Crippen MR) is 152 cm³/mol. The number of imidazole rings is 1. The SMILES string of the molecule is CC(C)C(=O)N1CCN(c2cc(S(=O)(=O)NC3(C)CC3)cn3c(-c4nnc(C5(C#N)CC5)s4)nc(Cl)c23)C[C@@H]1CF. The van der Waals surface area contributed by atoms with Crippen LogP contribution in [0.3, 0.4) is 0 Å². The molecule has 3 fully saturated rings. The van der Waals surface area contributed by atoms with Crippen molar-refractivity contribution in [2.45, 2.75) is 68.3 Å². The fraction of sp³-hybridized carbons (Fsp3) is 0.577. The van der Waals surface area contributed by atoms with E-state index in [2.05, 4.69) is 26.0 Å². The van der Waals surface area contributed by atoms with Crippen LogP contribution in [0.5, 0.6) is 0 Å². The Hall–Kier alpha value is -2.86. The molecule has 2 aliphatic carbocycles. The van der Waals surface area contributed by atoms with Crippen LogP contribution in [0.25, 0.3) is 16.3 Å². The zero-order valence-corrected chi connectivity index (χ0v) is 25.3. The summed E-state index contributed by atoms with van der Waals surface area (Å²) in [6, 6.07) is 3.15. The molecule has 4 heterocycles. The van der Waals surface area contributed by atoms with Crippen molar-refractivity contribution in [2.24, 2.45) is 5.92 Å². The van der Waals surface area contributed by atoms with E-state index in [1.807, 2.05) is 11.8 Å². The van der Waals surface area contributed by atoms with E-state index in [4.69, 9.17) is 11.6 Å². The first-order valence-electron chi connectivity index (χ1n) is 13.5. The van der Waals surface area contributed by atoms with Gasteiger partial charge in [-0.05, 0) is 38.7 Å². The second kappa shape index (κ2) is 9.86. The summed E-state index contributed by atoms with van der Waals surface area (Å²) in [5.74, 6) is -0.0997. The molecule has 11 nitrogen and oxygen atoms in total. The van der Waals surface area contributed by atoms with Gasteiger partial charge in [0.1, 0.15) is 27.5 Å². The molecule has 0 bridgehead atoms. The number of rotatable bonds is 8. The molecule has 1 atom stereocenters. The van der Waals surface area contributed by atoms with Crippen molar-refractivity contribution >= 4 is 50.1 Å². The molecule has 0 unspecified atom stereocenters. The first-order chi connectivity index (χ1) is 19.4. The minimum absolute atomic E-state index is 0.00125. The highest BCUT2D eigenvalue weighted by atomic mass is 35.5. The maximum Gasteiger partial charge on any atom is 0.242 e. The Kier molecular flexibility index (Phi) is 6.80. The summed E-state index contributed by atoms with van der Waals surface area (Å²) < 4.78 is 45.8. The number of nitriles is 1. The summed E-state index contributed by atoms with van der Waals surface area (Å²) in [6.07, 6.45) is 4.35. The number of alkyl halides is 1. The van der Waals surface area contributed by atoms with E-state index in [-0.39, 0.29) is 35.0 Å². The highest BCUT2D eigenvalue weighted by molar-refractivity contribution is 7.89. The van der Waals surface area contributed by atoms with Gasteiger partial charge in [-0.25, -0.2) is 22.5 Å². The molecule has 1 amide bonds. The monoisotopic (exact) mass is 620 g/mol. The molecular formula is C26H30ClFN8O3S2. The summed E-state index contributed by atoms with van der Waals surface area (Å²) in [4.78, 5) is 20.7. The Morgan fingerprint density at radius 3 is 2.63 bits per heavy atom. The van der Waals surface area contributed by atoms with Crippen molar-refractivity contribution in [3.63, 3.8) is 0 Å². The number of piperazine rings is 1. The topological polar surface area (TPSA) is 137 Å². The van der Waals surface area contributed by atoms with Crippen molar-refractivity contribution in [3.8, 4) is 16.9 Å². The average Bonchev–Trinajstić information content (AvgIpc) is 3.80.